The Morgan fingerprint density at radius 2 is 1.64 bits per heavy atom. The fraction of sp³-hybridized carbons (Fsp3) is 0.500. The zero-order valence-corrected chi connectivity index (χ0v) is 19.6. The largest absolute Gasteiger partial charge is 0.359 e. The van der Waals surface area contributed by atoms with Gasteiger partial charge >= 0.3 is 0 Å². The van der Waals surface area contributed by atoms with Crippen molar-refractivity contribution in [1.29, 1.82) is 0 Å². The Balaban J connectivity index is 1.31. The second-order valence-corrected chi connectivity index (χ2v) is 10.4. The average molecular weight is 446 g/mol. The maximum absolute atomic E-state index is 13.7. The molecule has 0 spiro atoms. The van der Waals surface area contributed by atoms with E-state index >= 15 is 0 Å². The van der Waals surface area contributed by atoms with Gasteiger partial charge in [0.05, 0.1) is 10.8 Å². The second kappa shape index (κ2) is 8.94. The van der Waals surface area contributed by atoms with Gasteiger partial charge in [-0.2, -0.15) is 0 Å². The van der Waals surface area contributed by atoms with E-state index in [1.807, 2.05) is 24.3 Å². The molecule has 0 aromatic heterocycles. The summed E-state index contributed by atoms with van der Waals surface area (Å²) in [6, 6.07) is 20.8. The summed E-state index contributed by atoms with van der Waals surface area (Å²) in [4.78, 5) is 29.2. The molecule has 174 valence electrons. The maximum atomic E-state index is 13.7. The number of fused-ring (bicyclic) bond motifs is 1. The minimum Gasteiger partial charge on any atom is -0.359 e. The van der Waals surface area contributed by atoms with Gasteiger partial charge in [0.25, 0.3) is 0 Å². The van der Waals surface area contributed by atoms with Gasteiger partial charge < -0.3 is 10.6 Å². The number of hydrogen-bond donors (Lipinski definition) is 2. The monoisotopic (exact) mass is 445 g/mol. The standard InChI is InChI=1S/C28H35N3O2/c1-29-25(32)28-17-24(16-23(28)19-31(20-28)18-21-10-4-2-5-11-21)30-26(33)27(14-8-9-15-27)22-12-6-3-7-13-22/h2-7,10-13,23-24H,8-9,14-20H2,1H3,(H,29,32)(H,30,33)/t23-,24-,28-/m0/s1. The summed E-state index contributed by atoms with van der Waals surface area (Å²) in [7, 11) is 1.74. The van der Waals surface area contributed by atoms with Crippen LogP contribution in [-0.2, 0) is 21.5 Å². The van der Waals surface area contributed by atoms with E-state index in [4.69, 9.17) is 0 Å². The first-order valence-corrected chi connectivity index (χ1v) is 12.4. The minimum absolute atomic E-state index is 0.0554. The summed E-state index contributed by atoms with van der Waals surface area (Å²) in [5, 5.41) is 6.36. The zero-order valence-electron chi connectivity index (χ0n) is 19.6. The molecule has 2 saturated carbocycles. The Hall–Kier alpha value is -2.66. The lowest BCUT2D eigenvalue weighted by Gasteiger charge is -2.31. The van der Waals surface area contributed by atoms with Gasteiger partial charge in [0, 0.05) is 32.7 Å². The number of likely N-dealkylation sites (tertiary alicyclic amines) is 1. The van der Waals surface area contributed by atoms with Gasteiger partial charge in [-0.05, 0) is 42.7 Å². The number of carbonyl (C=O) groups excluding carboxylic acids is 2. The fourth-order valence-electron chi connectivity index (χ4n) is 6.85. The highest BCUT2D eigenvalue weighted by Gasteiger charge is 2.57. The smallest absolute Gasteiger partial charge is 0.230 e. The van der Waals surface area contributed by atoms with Crippen molar-refractivity contribution >= 4 is 11.8 Å². The predicted molar refractivity (Wildman–Crippen MR) is 129 cm³/mol. The lowest BCUT2D eigenvalue weighted by molar-refractivity contribution is -0.132. The molecular formula is C28H35N3O2. The highest BCUT2D eigenvalue weighted by Crippen LogP contribution is 2.50. The van der Waals surface area contributed by atoms with Crippen LogP contribution in [0, 0.1) is 11.3 Å². The first-order chi connectivity index (χ1) is 16.1. The lowest BCUT2D eigenvalue weighted by atomic mass is 9.77. The molecule has 2 aromatic rings. The maximum Gasteiger partial charge on any atom is 0.230 e. The van der Waals surface area contributed by atoms with Crippen molar-refractivity contribution in [3.05, 3.63) is 71.8 Å². The van der Waals surface area contributed by atoms with Crippen molar-refractivity contribution < 1.29 is 9.59 Å². The average Bonchev–Trinajstić information content (AvgIpc) is 3.54. The minimum atomic E-state index is -0.420. The van der Waals surface area contributed by atoms with E-state index in [-0.39, 0.29) is 23.8 Å². The fourth-order valence-corrected chi connectivity index (χ4v) is 6.85. The van der Waals surface area contributed by atoms with E-state index in [1.54, 1.807) is 7.05 Å². The molecule has 2 aliphatic carbocycles. The van der Waals surface area contributed by atoms with Gasteiger partial charge in [-0.3, -0.25) is 14.5 Å². The molecular weight excluding hydrogens is 410 g/mol. The van der Waals surface area contributed by atoms with Crippen LogP contribution in [0.5, 0.6) is 0 Å². The molecule has 0 radical (unpaired) electrons. The van der Waals surface area contributed by atoms with Crippen molar-refractivity contribution in [2.45, 2.75) is 56.5 Å². The number of nitrogens with zero attached hydrogens (tertiary/aromatic N) is 1. The predicted octanol–water partition coefficient (Wildman–Crippen LogP) is 3.64. The lowest BCUT2D eigenvalue weighted by Crippen LogP contribution is -2.48. The molecule has 3 fully saturated rings. The van der Waals surface area contributed by atoms with E-state index in [1.165, 1.54) is 5.56 Å². The molecule has 1 aliphatic heterocycles. The SMILES string of the molecule is CNC(=O)[C@]12C[C@@H](NC(=O)C3(c4ccccc4)CCCC3)C[C@H]1CN(Cc1ccccc1)C2. The van der Waals surface area contributed by atoms with Gasteiger partial charge in [-0.15, -0.1) is 0 Å². The van der Waals surface area contributed by atoms with E-state index < -0.39 is 10.8 Å². The summed E-state index contributed by atoms with van der Waals surface area (Å²) in [5.41, 5.74) is 1.57. The van der Waals surface area contributed by atoms with Crippen LogP contribution in [0.1, 0.15) is 49.7 Å². The molecule has 1 saturated heterocycles. The zero-order chi connectivity index (χ0) is 22.9. The molecule has 5 nitrogen and oxygen atoms in total. The van der Waals surface area contributed by atoms with Crippen LogP contribution < -0.4 is 10.6 Å². The molecule has 0 bridgehead atoms. The van der Waals surface area contributed by atoms with Gasteiger partial charge in [0.1, 0.15) is 0 Å². The molecule has 33 heavy (non-hydrogen) atoms. The number of benzene rings is 2. The Kier molecular flexibility index (Phi) is 6.00. The van der Waals surface area contributed by atoms with Crippen molar-refractivity contribution in [3.63, 3.8) is 0 Å². The molecule has 2 N–H and O–H groups in total. The van der Waals surface area contributed by atoms with Crippen LogP contribution in [0.3, 0.4) is 0 Å². The van der Waals surface area contributed by atoms with E-state index in [2.05, 4.69) is 51.9 Å². The highest BCUT2D eigenvalue weighted by molar-refractivity contribution is 5.89. The van der Waals surface area contributed by atoms with Crippen LogP contribution in [0.2, 0.25) is 0 Å². The Labute approximate surface area is 196 Å². The normalized spacial score (nSPS) is 28.4. The van der Waals surface area contributed by atoms with E-state index in [0.717, 1.165) is 63.7 Å². The Morgan fingerprint density at radius 3 is 2.30 bits per heavy atom. The molecule has 3 atom stereocenters. The van der Waals surface area contributed by atoms with Crippen molar-refractivity contribution in [3.8, 4) is 0 Å². The molecule has 0 unspecified atom stereocenters. The summed E-state index contributed by atoms with van der Waals surface area (Å²) in [5.74, 6) is 0.547. The first kappa shape index (κ1) is 22.1. The third-order valence-corrected chi connectivity index (χ3v) is 8.43. The third kappa shape index (κ3) is 3.97. The second-order valence-electron chi connectivity index (χ2n) is 10.4. The molecule has 5 heteroatoms. The first-order valence-electron chi connectivity index (χ1n) is 12.4. The molecule has 5 rings (SSSR count). The quantitative estimate of drug-likeness (QED) is 0.714. The molecule has 1 heterocycles. The number of amides is 2. The summed E-state index contributed by atoms with van der Waals surface area (Å²) in [6.07, 6.45) is 5.59. The third-order valence-electron chi connectivity index (χ3n) is 8.43. The van der Waals surface area contributed by atoms with Crippen molar-refractivity contribution in [2.75, 3.05) is 20.1 Å². The van der Waals surface area contributed by atoms with Gasteiger partial charge in [-0.25, -0.2) is 0 Å². The number of rotatable bonds is 6. The van der Waals surface area contributed by atoms with E-state index in [9.17, 15) is 9.59 Å². The number of nitrogens with one attached hydrogen (secondary N) is 2. The van der Waals surface area contributed by atoms with Crippen LogP contribution in [0.15, 0.2) is 60.7 Å². The topological polar surface area (TPSA) is 61.4 Å². The van der Waals surface area contributed by atoms with Gasteiger partial charge in [0.15, 0.2) is 0 Å². The van der Waals surface area contributed by atoms with Gasteiger partial charge in [0.2, 0.25) is 11.8 Å². The number of carbonyl (C=O) groups is 2. The summed E-state index contributed by atoms with van der Waals surface area (Å²) < 4.78 is 0. The molecule has 2 amide bonds. The van der Waals surface area contributed by atoms with E-state index in [0.29, 0.717) is 0 Å². The molecule has 2 aromatic carbocycles. The molecule has 3 aliphatic rings. The Bertz CT molecular complexity index is 987. The summed E-state index contributed by atoms with van der Waals surface area (Å²) in [6.45, 7) is 2.52. The van der Waals surface area contributed by atoms with Crippen molar-refractivity contribution in [2.24, 2.45) is 11.3 Å². The van der Waals surface area contributed by atoms with Crippen molar-refractivity contribution in [1.82, 2.24) is 15.5 Å². The Morgan fingerprint density at radius 1 is 0.970 bits per heavy atom. The van der Waals surface area contributed by atoms with Gasteiger partial charge in [-0.1, -0.05) is 73.5 Å². The van der Waals surface area contributed by atoms with Crippen LogP contribution in [0.4, 0.5) is 0 Å². The number of hydrogen-bond acceptors (Lipinski definition) is 3. The van der Waals surface area contributed by atoms with Crippen LogP contribution >= 0.6 is 0 Å². The van der Waals surface area contributed by atoms with Crippen LogP contribution in [0.25, 0.3) is 0 Å². The highest BCUT2D eigenvalue weighted by atomic mass is 16.2. The van der Waals surface area contributed by atoms with Crippen LogP contribution in [-0.4, -0.2) is 42.9 Å². The summed E-state index contributed by atoms with van der Waals surface area (Å²) >= 11 is 0.